The number of nitrogen functional groups attached to an aromatic ring is 1. The van der Waals surface area contributed by atoms with Crippen LogP contribution in [0.25, 0.3) is 0 Å². The van der Waals surface area contributed by atoms with Gasteiger partial charge in [0, 0.05) is 5.75 Å². The average Bonchev–Trinajstić information content (AvgIpc) is 2.39. The third-order valence-electron chi connectivity index (χ3n) is 2.11. The van der Waals surface area contributed by atoms with Crippen molar-refractivity contribution in [3.63, 3.8) is 0 Å². The number of halogens is 1. The van der Waals surface area contributed by atoms with Gasteiger partial charge in [-0.3, -0.25) is 0 Å². The van der Waals surface area contributed by atoms with Crippen LogP contribution in [0, 0.1) is 0 Å². The summed E-state index contributed by atoms with van der Waals surface area (Å²) in [6.45, 7) is 0. The standard InChI is InChI=1S/C11H11BrN4S/c12-9-10(16-13)14-7-15-11(9)17-6-8-4-2-1-3-5-8/h1-5,7H,6,13H2,(H,14,15,16). The fraction of sp³-hybridized carbons (Fsp3) is 0.0909. The molecule has 1 aromatic carbocycles. The predicted molar refractivity (Wildman–Crippen MR) is 73.5 cm³/mol. The highest BCUT2D eigenvalue weighted by Gasteiger charge is 2.08. The van der Waals surface area contributed by atoms with Gasteiger partial charge in [-0.15, -0.1) is 11.8 Å². The molecule has 0 amide bonds. The molecule has 1 heterocycles. The van der Waals surface area contributed by atoms with Gasteiger partial charge < -0.3 is 5.43 Å². The molecule has 0 bridgehead atoms. The fourth-order valence-corrected chi connectivity index (χ4v) is 2.78. The van der Waals surface area contributed by atoms with E-state index in [0.717, 1.165) is 15.3 Å². The highest BCUT2D eigenvalue weighted by molar-refractivity contribution is 9.10. The zero-order chi connectivity index (χ0) is 12.1. The van der Waals surface area contributed by atoms with Gasteiger partial charge in [0.15, 0.2) is 5.82 Å². The number of thioether (sulfide) groups is 1. The number of nitrogens with zero attached hydrogens (tertiary/aromatic N) is 2. The Bertz CT molecular complexity index is 492. The average molecular weight is 311 g/mol. The number of hydrogen-bond acceptors (Lipinski definition) is 5. The van der Waals surface area contributed by atoms with Crippen LogP contribution in [-0.2, 0) is 5.75 Å². The molecule has 0 aliphatic carbocycles. The van der Waals surface area contributed by atoms with Crippen molar-refractivity contribution in [1.82, 2.24) is 9.97 Å². The zero-order valence-corrected chi connectivity index (χ0v) is 11.3. The summed E-state index contributed by atoms with van der Waals surface area (Å²) in [6, 6.07) is 10.2. The topological polar surface area (TPSA) is 63.8 Å². The number of anilines is 1. The van der Waals surface area contributed by atoms with Crippen molar-refractivity contribution in [2.75, 3.05) is 5.43 Å². The Labute approximate surface area is 112 Å². The van der Waals surface area contributed by atoms with E-state index in [1.54, 1.807) is 11.8 Å². The van der Waals surface area contributed by atoms with Gasteiger partial charge in [-0.05, 0) is 21.5 Å². The molecule has 3 N–H and O–H groups in total. The van der Waals surface area contributed by atoms with Crippen molar-refractivity contribution in [2.24, 2.45) is 5.84 Å². The molecule has 0 fully saturated rings. The lowest BCUT2D eigenvalue weighted by Crippen LogP contribution is -2.09. The maximum absolute atomic E-state index is 5.35. The summed E-state index contributed by atoms with van der Waals surface area (Å²) >= 11 is 5.06. The molecule has 0 radical (unpaired) electrons. The summed E-state index contributed by atoms with van der Waals surface area (Å²) in [5.74, 6) is 6.80. The minimum absolute atomic E-state index is 0.593. The van der Waals surface area contributed by atoms with Crippen molar-refractivity contribution in [3.05, 3.63) is 46.7 Å². The smallest absolute Gasteiger partial charge is 0.158 e. The van der Waals surface area contributed by atoms with Crippen LogP contribution in [-0.4, -0.2) is 9.97 Å². The maximum atomic E-state index is 5.35. The van der Waals surface area contributed by atoms with Crippen LogP contribution in [0.2, 0.25) is 0 Å². The van der Waals surface area contributed by atoms with Gasteiger partial charge in [0.05, 0.1) is 4.47 Å². The summed E-state index contributed by atoms with van der Waals surface area (Å²) in [4.78, 5) is 8.22. The lowest BCUT2D eigenvalue weighted by Gasteiger charge is -2.06. The van der Waals surface area contributed by atoms with Crippen molar-refractivity contribution >= 4 is 33.5 Å². The largest absolute Gasteiger partial charge is 0.307 e. The van der Waals surface area contributed by atoms with Crippen LogP contribution in [0.1, 0.15) is 5.56 Å². The minimum Gasteiger partial charge on any atom is -0.307 e. The lowest BCUT2D eigenvalue weighted by atomic mass is 10.2. The van der Waals surface area contributed by atoms with Gasteiger partial charge in [-0.25, -0.2) is 15.8 Å². The van der Waals surface area contributed by atoms with Gasteiger partial charge in [0.1, 0.15) is 11.4 Å². The normalized spacial score (nSPS) is 10.2. The monoisotopic (exact) mass is 310 g/mol. The Kier molecular flexibility index (Phi) is 4.36. The van der Waals surface area contributed by atoms with Crippen molar-refractivity contribution in [2.45, 2.75) is 10.8 Å². The van der Waals surface area contributed by atoms with E-state index in [2.05, 4.69) is 43.5 Å². The highest BCUT2D eigenvalue weighted by atomic mass is 79.9. The Morgan fingerprint density at radius 1 is 1.24 bits per heavy atom. The number of benzene rings is 1. The third-order valence-corrected chi connectivity index (χ3v) is 4.19. The fourth-order valence-electron chi connectivity index (χ4n) is 1.28. The SMILES string of the molecule is NNc1ncnc(SCc2ccccc2)c1Br. The number of aromatic nitrogens is 2. The van der Waals surface area contributed by atoms with E-state index < -0.39 is 0 Å². The second-order valence-corrected chi connectivity index (χ2v) is 5.02. The molecule has 0 spiro atoms. The van der Waals surface area contributed by atoms with Crippen LogP contribution in [0.15, 0.2) is 46.2 Å². The number of hydrogen-bond donors (Lipinski definition) is 2. The number of nitrogens with two attached hydrogens (primary N) is 1. The van der Waals surface area contributed by atoms with E-state index in [9.17, 15) is 0 Å². The first-order chi connectivity index (χ1) is 8.31. The second kappa shape index (κ2) is 6.00. The highest BCUT2D eigenvalue weighted by Crippen LogP contribution is 2.31. The van der Waals surface area contributed by atoms with Gasteiger partial charge in [-0.1, -0.05) is 30.3 Å². The molecule has 6 heteroatoms. The van der Waals surface area contributed by atoms with Crippen molar-refractivity contribution < 1.29 is 0 Å². The van der Waals surface area contributed by atoms with Crippen molar-refractivity contribution in [3.8, 4) is 0 Å². The van der Waals surface area contributed by atoms with Crippen molar-refractivity contribution in [1.29, 1.82) is 0 Å². The molecule has 0 saturated carbocycles. The number of rotatable bonds is 4. The molecule has 17 heavy (non-hydrogen) atoms. The molecule has 0 aliphatic rings. The first kappa shape index (κ1) is 12.3. The zero-order valence-electron chi connectivity index (χ0n) is 8.93. The van der Waals surface area contributed by atoms with Crippen LogP contribution in [0.3, 0.4) is 0 Å². The molecule has 4 nitrogen and oxygen atoms in total. The molecule has 0 saturated heterocycles. The molecule has 88 valence electrons. The summed E-state index contributed by atoms with van der Waals surface area (Å²) in [5.41, 5.74) is 3.78. The van der Waals surface area contributed by atoms with E-state index in [0.29, 0.717) is 5.82 Å². The van der Waals surface area contributed by atoms with E-state index in [1.807, 2.05) is 18.2 Å². The van der Waals surface area contributed by atoms with E-state index in [-0.39, 0.29) is 0 Å². The van der Waals surface area contributed by atoms with E-state index in [4.69, 9.17) is 5.84 Å². The number of nitrogens with one attached hydrogen (secondary N) is 1. The lowest BCUT2D eigenvalue weighted by molar-refractivity contribution is 1.02. The van der Waals surface area contributed by atoms with Gasteiger partial charge in [-0.2, -0.15) is 0 Å². The predicted octanol–water partition coefficient (Wildman–Crippen LogP) is 2.82. The first-order valence-electron chi connectivity index (χ1n) is 4.95. The molecule has 0 unspecified atom stereocenters. The minimum atomic E-state index is 0.593. The molecule has 0 aliphatic heterocycles. The molecule has 1 aromatic heterocycles. The van der Waals surface area contributed by atoms with Crippen LogP contribution in [0.4, 0.5) is 5.82 Å². The third kappa shape index (κ3) is 3.18. The van der Waals surface area contributed by atoms with Crippen LogP contribution < -0.4 is 11.3 Å². The Morgan fingerprint density at radius 3 is 2.71 bits per heavy atom. The second-order valence-electron chi connectivity index (χ2n) is 3.26. The molecule has 2 rings (SSSR count). The molecular formula is C11H11BrN4S. The Hall–Kier alpha value is -1.11. The summed E-state index contributed by atoms with van der Waals surface area (Å²) < 4.78 is 0.795. The summed E-state index contributed by atoms with van der Waals surface area (Å²) in [6.07, 6.45) is 1.49. The van der Waals surface area contributed by atoms with E-state index >= 15 is 0 Å². The van der Waals surface area contributed by atoms with Crippen LogP contribution >= 0.6 is 27.7 Å². The maximum Gasteiger partial charge on any atom is 0.158 e. The number of hydrazine groups is 1. The van der Waals surface area contributed by atoms with Gasteiger partial charge in [0.25, 0.3) is 0 Å². The first-order valence-corrected chi connectivity index (χ1v) is 6.73. The summed E-state index contributed by atoms with van der Waals surface area (Å²) in [7, 11) is 0. The quantitative estimate of drug-likeness (QED) is 0.393. The molecule has 0 atom stereocenters. The van der Waals surface area contributed by atoms with Crippen LogP contribution in [0.5, 0.6) is 0 Å². The van der Waals surface area contributed by atoms with Gasteiger partial charge in [0.2, 0.25) is 0 Å². The Morgan fingerprint density at radius 2 is 2.00 bits per heavy atom. The molecular weight excluding hydrogens is 300 g/mol. The Balaban J connectivity index is 2.09. The summed E-state index contributed by atoms with van der Waals surface area (Å²) in [5, 5.41) is 0.872. The van der Waals surface area contributed by atoms with E-state index in [1.165, 1.54) is 11.9 Å². The van der Waals surface area contributed by atoms with Gasteiger partial charge >= 0.3 is 0 Å². The molecule has 2 aromatic rings.